The van der Waals surface area contributed by atoms with E-state index in [1.54, 1.807) is 0 Å². The second-order valence-corrected chi connectivity index (χ2v) is 6.29. The van der Waals surface area contributed by atoms with Gasteiger partial charge in [0.25, 0.3) is 0 Å². The lowest BCUT2D eigenvalue weighted by Crippen LogP contribution is -2.29. The normalized spacial score (nSPS) is 18.6. The Kier molecular flexibility index (Phi) is 4.65. The van der Waals surface area contributed by atoms with Crippen LogP contribution in [0.25, 0.3) is 0 Å². The Hall–Kier alpha value is -1.55. The van der Waals surface area contributed by atoms with E-state index >= 15 is 0 Å². The molecule has 1 aliphatic rings. The van der Waals surface area contributed by atoms with E-state index in [0.717, 1.165) is 36.9 Å². The van der Waals surface area contributed by atoms with Gasteiger partial charge in [0, 0.05) is 12.2 Å². The zero-order valence-corrected chi connectivity index (χ0v) is 12.3. The highest BCUT2D eigenvalue weighted by Gasteiger charge is 2.28. The summed E-state index contributed by atoms with van der Waals surface area (Å²) < 4.78 is 5.47. The Labute approximate surface area is 120 Å². The quantitative estimate of drug-likeness (QED) is 0.885. The molecule has 0 spiro atoms. The Balaban J connectivity index is 1.80. The zero-order valence-electron chi connectivity index (χ0n) is 12.3. The van der Waals surface area contributed by atoms with E-state index in [-0.39, 0.29) is 12.2 Å². The second-order valence-electron chi connectivity index (χ2n) is 6.29. The third-order valence-corrected chi connectivity index (χ3v) is 4.00. The molecule has 0 atom stereocenters. The monoisotopic (exact) mass is 276 g/mol. The van der Waals surface area contributed by atoms with E-state index in [1.165, 1.54) is 0 Å². The highest BCUT2D eigenvalue weighted by Crippen LogP contribution is 2.36. The Morgan fingerprint density at radius 1 is 1.30 bits per heavy atom. The van der Waals surface area contributed by atoms with Crippen LogP contribution in [0, 0.1) is 5.41 Å². The number of carbonyl (C=O) groups excluding carboxylic acids is 1. The molecule has 1 aromatic carbocycles. The smallest absolute Gasteiger partial charge is 0.411 e. The molecule has 4 heteroatoms. The molecule has 0 unspecified atom stereocenters. The summed E-state index contributed by atoms with van der Waals surface area (Å²) in [5.41, 5.74) is 7.70. The average molecular weight is 276 g/mol. The maximum atomic E-state index is 11.8. The van der Waals surface area contributed by atoms with Crippen molar-refractivity contribution >= 4 is 11.8 Å². The first-order chi connectivity index (χ1) is 9.48. The summed E-state index contributed by atoms with van der Waals surface area (Å²) in [7, 11) is 0. The fraction of sp³-hybridized carbons (Fsp3) is 0.562. The number of carbonyl (C=O) groups is 1. The molecule has 0 aliphatic heterocycles. The molecule has 0 heterocycles. The van der Waals surface area contributed by atoms with Crippen LogP contribution in [0.4, 0.5) is 10.5 Å². The fourth-order valence-electron chi connectivity index (χ4n) is 2.51. The molecule has 110 valence electrons. The molecule has 0 bridgehead atoms. The van der Waals surface area contributed by atoms with Crippen molar-refractivity contribution in [1.29, 1.82) is 0 Å². The predicted octanol–water partition coefficient (Wildman–Crippen LogP) is 3.66. The van der Waals surface area contributed by atoms with Crippen molar-refractivity contribution in [3.63, 3.8) is 0 Å². The summed E-state index contributed by atoms with van der Waals surface area (Å²) in [6, 6.07) is 7.48. The summed E-state index contributed by atoms with van der Waals surface area (Å²) in [6.45, 7) is 5.03. The van der Waals surface area contributed by atoms with Gasteiger partial charge in [0.2, 0.25) is 0 Å². The van der Waals surface area contributed by atoms with Crippen molar-refractivity contribution in [1.82, 2.24) is 0 Å². The first-order valence-electron chi connectivity index (χ1n) is 7.25. The number of anilines is 1. The number of amides is 1. The Morgan fingerprint density at radius 2 is 1.90 bits per heavy atom. The molecular formula is C16H24N2O2. The third kappa shape index (κ3) is 4.23. The van der Waals surface area contributed by atoms with E-state index in [2.05, 4.69) is 19.2 Å². The zero-order chi connectivity index (χ0) is 14.6. The van der Waals surface area contributed by atoms with Crippen molar-refractivity contribution in [3.8, 4) is 0 Å². The molecule has 0 aromatic heterocycles. The minimum atomic E-state index is -0.366. The van der Waals surface area contributed by atoms with Gasteiger partial charge in [-0.05, 0) is 48.8 Å². The van der Waals surface area contributed by atoms with Crippen molar-refractivity contribution in [2.45, 2.75) is 52.2 Å². The van der Waals surface area contributed by atoms with Gasteiger partial charge in [-0.2, -0.15) is 0 Å². The standard InChI is InChI=1S/C16H24N2O2/c1-16(2)9-7-14(8-10-16)20-15(19)18-13-5-3-12(11-17)4-6-13/h3-6,14H,7-11,17H2,1-2H3,(H,18,19). The van der Waals surface area contributed by atoms with Crippen LogP contribution < -0.4 is 11.1 Å². The molecule has 1 amide bonds. The highest BCUT2D eigenvalue weighted by atomic mass is 16.6. The largest absolute Gasteiger partial charge is 0.446 e. The molecule has 0 radical (unpaired) electrons. The molecule has 0 saturated heterocycles. The van der Waals surface area contributed by atoms with E-state index in [4.69, 9.17) is 10.5 Å². The molecule has 4 nitrogen and oxygen atoms in total. The van der Waals surface area contributed by atoms with Crippen LogP contribution in [0.2, 0.25) is 0 Å². The lowest BCUT2D eigenvalue weighted by Gasteiger charge is -2.33. The summed E-state index contributed by atoms with van der Waals surface area (Å²) in [5.74, 6) is 0. The van der Waals surface area contributed by atoms with E-state index < -0.39 is 0 Å². The number of nitrogens with one attached hydrogen (secondary N) is 1. The first kappa shape index (κ1) is 14.9. The van der Waals surface area contributed by atoms with Gasteiger partial charge in [-0.3, -0.25) is 5.32 Å². The fourth-order valence-corrected chi connectivity index (χ4v) is 2.51. The summed E-state index contributed by atoms with van der Waals surface area (Å²) >= 11 is 0. The lowest BCUT2D eigenvalue weighted by atomic mass is 9.76. The van der Waals surface area contributed by atoms with Gasteiger partial charge in [-0.15, -0.1) is 0 Å². The minimum Gasteiger partial charge on any atom is -0.446 e. The van der Waals surface area contributed by atoms with Crippen molar-refractivity contribution in [2.75, 3.05) is 5.32 Å². The predicted molar refractivity (Wildman–Crippen MR) is 80.5 cm³/mol. The van der Waals surface area contributed by atoms with Gasteiger partial charge >= 0.3 is 6.09 Å². The van der Waals surface area contributed by atoms with E-state index in [9.17, 15) is 4.79 Å². The molecule has 2 rings (SSSR count). The molecule has 1 aromatic rings. The number of nitrogens with two attached hydrogens (primary N) is 1. The van der Waals surface area contributed by atoms with Crippen molar-refractivity contribution in [2.24, 2.45) is 11.1 Å². The van der Waals surface area contributed by atoms with E-state index in [0.29, 0.717) is 12.0 Å². The maximum Gasteiger partial charge on any atom is 0.411 e. The minimum absolute atomic E-state index is 0.0475. The van der Waals surface area contributed by atoms with Crippen LogP contribution in [0.3, 0.4) is 0 Å². The average Bonchev–Trinajstić information content (AvgIpc) is 2.42. The number of hydrogen-bond acceptors (Lipinski definition) is 3. The van der Waals surface area contributed by atoms with Crippen LogP contribution in [0.5, 0.6) is 0 Å². The molecule has 3 N–H and O–H groups in total. The van der Waals surface area contributed by atoms with Crippen molar-refractivity contribution in [3.05, 3.63) is 29.8 Å². The van der Waals surface area contributed by atoms with Crippen LogP contribution in [-0.4, -0.2) is 12.2 Å². The number of rotatable bonds is 3. The highest BCUT2D eigenvalue weighted by molar-refractivity contribution is 5.84. The van der Waals surface area contributed by atoms with Crippen LogP contribution in [-0.2, 0) is 11.3 Å². The van der Waals surface area contributed by atoms with E-state index in [1.807, 2.05) is 24.3 Å². The van der Waals surface area contributed by atoms with Gasteiger partial charge in [-0.1, -0.05) is 26.0 Å². The maximum absolute atomic E-state index is 11.8. The first-order valence-corrected chi connectivity index (χ1v) is 7.25. The van der Waals surface area contributed by atoms with Gasteiger partial charge in [0.1, 0.15) is 6.10 Å². The van der Waals surface area contributed by atoms with Crippen LogP contribution in [0.1, 0.15) is 45.1 Å². The van der Waals surface area contributed by atoms with Gasteiger partial charge < -0.3 is 10.5 Å². The molecule has 20 heavy (non-hydrogen) atoms. The third-order valence-electron chi connectivity index (χ3n) is 4.00. The number of hydrogen-bond donors (Lipinski definition) is 2. The van der Waals surface area contributed by atoms with Gasteiger partial charge in [0.05, 0.1) is 0 Å². The number of ether oxygens (including phenoxy) is 1. The topological polar surface area (TPSA) is 64.3 Å². The Morgan fingerprint density at radius 3 is 2.45 bits per heavy atom. The van der Waals surface area contributed by atoms with Crippen molar-refractivity contribution < 1.29 is 9.53 Å². The molecule has 1 saturated carbocycles. The molecular weight excluding hydrogens is 252 g/mol. The van der Waals surface area contributed by atoms with Gasteiger partial charge in [-0.25, -0.2) is 4.79 Å². The second kappa shape index (κ2) is 6.27. The van der Waals surface area contributed by atoms with Gasteiger partial charge in [0.15, 0.2) is 0 Å². The summed E-state index contributed by atoms with van der Waals surface area (Å²) in [6.07, 6.45) is 3.80. The van der Waals surface area contributed by atoms with Crippen LogP contribution in [0.15, 0.2) is 24.3 Å². The molecule has 1 aliphatic carbocycles. The summed E-state index contributed by atoms with van der Waals surface area (Å²) in [4.78, 5) is 11.8. The number of benzene rings is 1. The molecule has 1 fully saturated rings. The van der Waals surface area contributed by atoms with Crippen LogP contribution >= 0.6 is 0 Å². The Bertz CT molecular complexity index is 444. The lowest BCUT2D eigenvalue weighted by molar-refractivity contribution is 0.0563. The summed E-state index contributed by atoms with van der Waals surface area (Å²) in [5, 5.41) is 2.76. The SMILES string of the molecule is CC1(C)CCC(OC(=O)Nc2ccc(CN)cc2)CC1.